The molecule has 124 valence electrons. The molecule has 1 fully saturated rings. The van der Waals surface area contributed by atoms with E-state index in [-0.39, 0.29) is 18.8 Å². The molecule has 0 aliphatic carbocycles. The third-order valence-corrected chi connectivity index (χ3v) is 4.17. The van der Waals surface area contributed by atoms with E-state index < -0.39 is 5.97 Å². The maximum Gasteiger partial charge on any atom is 0.304 e. The van der Waals surface area contributed by atoms with Gasteiger partial charge in [-0.15, -0.1) is 12.4 Å². The van der Waals surface area contributed by atoms with Gasteiger partial charge in [0.25, 0.3) is 0 Å². The van der Waals surface area contributed by atoms with E-state index >= 15 is 0 Å². The highest BCUT2D eigenvalue weighted by Crippen LogP contribution is 2.24. The lowest BCUT2D eigenvalue weighted by atomic mass is 10.1. The maximum atomic E-state index is 10.6. The van der Waals surface area contributed by atoms with E-state index in [1.54, 1.807) is 7.11 Å². The Kier molecular flexibility index (Phi) is 7.65. The minimum absolute atomic E-state index is 0. The van der Waals surface area contributed by atoms with Crippen LogP contribution < -0.4 is 4.74 Å². The number of methoxy groups -OCH3 is 1. The van der Waals surface area contributed by atoms with Crippen LogP contribution in [0.2, 0.25) is 0 Å². The van der Waals surface area contributed by atoms with E-state index in [1.165, 1.54) is 5.56 Å². The van der Waals surface area contributed by atoms with Crippen LogP contribution in [0, 0.1) is 0 Å². The molecule has 1 aliphatic heterocycles. The van der Waals surface area contributed by atoms with E-state index in [0.717, 1.165) is 31.9 Å². The van der Waals surface area contributed by atoms with Gasteiger partial charge in [0.15, 0.2) is 0 Å². The van der Waals surface area contributed by atoms with Crippen molar-refractivity contribution in [3.05, 3.63) is 29.8 Å². The van der Waals surface area contributed by atoms with Crippen LogP contribution in [0.5, 0.6) is 5.75 Å². The second kappa shape index (κ2) is 8.98. The normalized spacial score (nSPS) is 17.5. The van der Waals surface area contributed by atoms with Crippen molar-refractivity contribution in [1.82, 2.24) is 9.80 Å². The third kappa shape index (κ3) is 5.16. The fourth-order valence-corrected chi connectivity index (χ4v) is 2.74. The van der Waals surface area contributed by atoms with Gasteiger partial charge in [0, 0.05) is 38.8 Å². The van der Waals surface area contributed by atoms with E-state index in [2.05, 4.69) is 28.9 Å². The number of hydrogen-bond donors (Lipinski definition) is 1. The van der Waals surface area contributed by atoms with E-state index in [1.807, 2.05) is 12.1 Å². The molecule has 22 heavy (non-hydrogen) atoms. The van der Waals surface area contributed by atoms with Crippen LogP contribution in [-0.4, -0.2) is 60.7 Å². The average Bonchev–Trinajstić information content (AvgIpc) is 2.52. The first kappa shape index (κ1) is 18.7. The minimum Gasteiger partial charge on any atom is -0.497 e. The number of aliphatic carboxylic acids is 1. The maximum absolute atomic E-state index is 10.6. The molecule has 0 amide bonds. The summed E-state index contributed by atoms with van der Waals surface area (Å²) in [5.41, 5.74) is 1.26. The first-order chi connectivity index (χ1) is 10.1. The predicted octanol–water partition coefficient (Wildman–Crippen LogP) is 2.27. The van der Waals surface area contributed by atoms with Gasteiger partial charge in [-0.2, -0.15) is 0 Å². The average molecular weight is 329 g/mol. The zero-order valence-corrected chi connectivity index (χ0v) is 14.0. The second-order valence-electron chi connectivity index (χ2n) is 5.47. The molecule has 0 aromatic heterocycles. The first-order valence-electron chi connectivity index (χ1n) is 7.42. The molecule has 1 heterocycles. The number of piperazine rings is 1. The molecule has 5 nitrogen and oxygen atoms in total. The van der Waals surface area contributed by atoms with Crippen molar-refractivity contribution < 1.29 is 14.6 Å². The summed E-state index contributed by atoms with van der Waals surface area (Å²) in [6, 6.07) is 8.54. The molecule has 1 unspecified atom stereocenters. The highest BCUT2D eigenvalue weighted by atomic mass is 35.5. The number of carboxylic acids is 1. The van der Waals surface area contributed by atoms with Crippen LogP contribution in [0.15, 0.2) is 24.3 Å². The molecule has 0 saturated carbocycles. The zero-order chi connectivity index (χ0) is 15.2. The van der Waals surface area contributed by atoms with Crippen molar-refractivity contribution in [2.24, 2.45) is 0 Å². The molecule has 1 N–H and O–H groups in total. The molecule has 6 heteroatoms. The lowest BCUT2D eigenvalue weighted by Gasteiger charge is -2.38. The van der Waals surface area contributed by atoms with Gasteiger partial charge in [0.2, 0.25) is 0 Å². The standard InChI is InChI=1S/C16H24N2O3.ClH/c1-13(14-4-3-5-15(12-14)21-2)18-10-8-17(9-11-18)7-6-16(19)20;/h3-5,12-13H,6-11H2,1-2H3,(H,19,20);1H. The van der Waals surface area contributed by atoms with Crippen molar-refractivity contribution in [2.75, 3.05) is 39.8 Å². The smallest absolute Gasteiger partial charge is 0.304 e. The third-order valence-electron chi connectivity index (χ3n) is 4.17. The molecule has 0 radical (unpaired) electrons. The molecule has 1 atom stereocenters. The van der Waals surface area contributed by atoms with Crippen molar-refractivity contribution >= 4 is 18.4 Å². The molecule has 1 saturated heterocycles. The zero-order valence-electron chi connectivity index (χ0n) is 13.2. The Morgan fingerprint density at radius 2 is 2.00 bits per heavy atom. The van der Waals surface area contributed by atoms with Crippen LogP contribution in [0.4, 0.5) is 0 Å². The summed E-state index contributed by atoms with van der Waals surface area (Å²) in [6.45, 7) is 6.66. The Bertz CT molecular complexity index is 476. The van der Waals surface area contributed by atoms with Gasteiger partial charge in [-0.3, -0.25) is 9.69 Å². The highest BCUT2D eigenvalue weighted by molar-refractivity contribution is 5.85. The SMILES string of the molecule is COc1cccc(C(C)N2CCN(CCC(=O)O)CC2)c1.Cl. The monoisotopic (exact) mass is 328 g/mol. The number of benzene rings is 1. The van der Waals surface area contributed by atoms with Crippen LogP contribution in [-0.2, 0) is 4.79 Å². The van der Waals surface area contributed by atoms with Gasteiger partial charge < -0.3 is 14.7 Å². The van der Waals surface area contributed by atoms with E-state index in [0.29, 0.717) is 12.6 Å². The number of nitrogens with zero attached hydrogens (tertiary/aromatic N) is 2. The molecule has 0 spiro atoms. The predicted molar refractivity (Wildman–Crippen MR) is 88.9 cm³/mol. The fraction of sp³-hybridized carbons (Fsp3) is 0.562. The molecular weight excluding hydrogens is 304 g/mol. The summed E-state index contributed by atoms with van der Waals surface area (Å²) in [5, 5.41) is 8.73. The molecule has 1 aromatic carbocycles. The van der Waals surface area contributed by atoms with Crippen molar-refractivity contribution in [3.8, 4) is 5.75 Å². The summed E-state index contributed by atoms with van der Waals surface area (Å²) in [6.07, 6.45) is 0.228. The Labute approximate surface area is 138 Å². The van der Waals surface area contributed by atoms with E-state index in [9.17, 15) is 4.79 Å². The summed E-state index contributed by atoms with van der Waals surface area (Å²) < 4.78 is 5.28. The van der Waals surface area contributed by atoms with Gasteiger partial charge >= 0.3 is 5.97 Å². The van der Waals surface area contributed by atoms with Gasteiger partial charge in [-0.05, 0) is 24.6 Å². The Balaban J connectivity index is 0.00000242. The molecule has 1 aromatic rings. The van der Waals surface area contributed by atoms with Gasteiger partial charge in [-0.1, -0.05) is 12.1 Å². The van der Waals surface area contributed by atoms with Crippen molar-refractivity contribution in [2.45, 2.75) is 19.4 Å². The number of halogens is 1. The van der Waals surface area contributed by atoms with Crippen molar-refractivity contribution in [3.63, 3.8) is 0 Å². The largest absolute Gasteiger partial charge is 0.497 e. The summed E-state index contributed by atoms with van der Waals surface area (Å²) >= 11 is 0. The molecular formula is C16H25ClN2O3. The minimum atomic E-state index is -0.720. The lowest BCUT2D eigenvalue weighted by molar-refractivity contribution is -0.137. The van der Waals surface area contributed by atoms with Gasteiger partial charge in [-0.25, -0.2) is 0 Å². The van der Waals surface area contributed by atoms with Crippen LogP contribution in [0.3, 0.4) is 0 Å². The molecule has 2 rings (SSSR count). The quantitative estimate of drug-likeness (QED) is 0.868. The Morgan fingerprint density at radius 1 is 1.32 bits per heavy atom. The number of carboxylic acid groups (broad SMARTS) is 1. The van der Waals surface area contributed by atoms with Crippen LogP contribution in [0.1, 0.15) is 24.9 Å². The summed E-state index contributed by atoms with van der Waals surface area (Å²) in [4.78, 5) is 15.3. The van der Waals surface area contributed by atoms with Gasteiger partial charge in [0.1, 0.15) is 5.75 Å². The Hall–Kier alpha value is -1.30. The number of rotatable bonds is 6. The summed E-state index contributed by atoms with van der Waals surface area (Å²) in [5.74, 6) is 0.168. The van der Waals surface area contributed by atoms with Crippen LogP contribution >= 0.6 is 12.4 Å². The molecule has 0 bridgehead atoms. The molecule has 1 aliphatic rings. The van der Waals surface area contributed by atoms with Crippen LogP contribution in [0.25, 0.3) is 0 Å². The fourth-order valence-electron chi connectivity index (χ4n) is 2.74. The number of ether oxygens (including phenoxy) is 1. The van der Waals surface area contributed by atoms with Gasteiger partial charge in [0.05, 0.1) is 13.5 Å². The Morgan fingerprint density at radius 3 is 2.59 bits per heavy atom. The van der Waals surface area contributed by atoms with Crippen molar-refractivity contribution in [1.29, 1.82) is 0 Å². The topological polar surface area (TPSA) is 53.0 Å². The second-order valence-corrected chi connectivity index (χ2v) is 5.47. The lowest BCUT2D eigenvalue weighted by Crippen LogP contribution is -2.47. The highest BCUT2D eigenvalue weighted by Gasteiger charge is 2.22. The number of carbonyl (C=O) groups is 1. The van der Waals surface area contributed by atoms with E-state index in [4.69, 9.17) is 9.84 Å². The number of hydrogen-bond acceptors (Lipinski definition) is 4. The summed E-state index contributed by atoms with van der Waals surface area (Å²) in [7, 11) is 1.69. The first-order valence-corrected chi connectivity index (χ1v) is 7.42.